The Bertz CT molecular complexity index is 1060. The Balaban J connectivity index is 1.55. The van der Waals surface area contributed by atoms with Gasteiger partial charge in [-0.25, -0.2) is 4.79 Å². The highest BCUT2D eigenvalue weighted by Gasteiger charge is 2.09. The Morgan fingerprint density at radius 1 is 0.871 bits per heavy atom. The molecule has 6 heteroatoms. The number of nitrogens with one attached hydrogen (secondary N) is 1. The average Bonchev–Trinajstić information content (AvgIpc) is 2.81. The van der Waals surface area contributed by atoms with E-state index in [0.29, 0.717) is 22.6 Å². The normalized spacial score (nSPS) is 10.5. The van der Waals surface area contributed by atoms with Crippen LogP contribution in [0.3, 0.4) is 0 Å². The highest BCUT2D eigenvalue weighted by Crippen LogP contribution is 2.31. The van der Waals surface area contributed by atoms with Crippen molar-refractivity contribution in [2.24, 2.45) is 0 Å². The first-order valence-corrected chi connectivity index (χ1v) is 9.62. The zero-order chi connectivity index (χ0) is 22.1. The molecular weight excluding hydrogens is 394 g/mol. The van der Waals surface area contributed by atoms with Crippen molar-refractivity contribution in [3.63, 3.8) is 0 Å². The van der Waals surface area contributed by atoms with E-state index in [9.17, 15) is 9.59 Å². The highest BCUT2D eigenvalue weighted by atomic mass is 16.5. The van der Waals surface area contributed by atoms with E-state index < -0.39 is 5.97 Å². The lowest BCUT2D eigenvalue weighted by molar-refractivity contribution is -0.138. The number of ether oxygens (including phenoxy) is 3. The van der Waals surface area contributed by atoms with Crippen LogP contribution in [0.25, 0.3) is 6.08 Å². The molecule has 0 aliphatic rings. The van der Waals surface area contributed by atoms with Crippen molar-refractivity contribution < 1.29 is 23.8 Å². The van der Waals surface area contributed by atoms with Gasteiger partial charge in [-0.2, -0.15) is 0 Å². The second kappa shape index (κ2) is 10.6. The van der Waals surface area contributed by atoms with Gasteiger partial charge in [0.15, 0.2) is 11.5 Å². The zero-order valence-corrected chi connectivity index (χ0v) is 17.3. The molecule has 1 amide bonds. The number of carbonyl (C=O) groups is 2. The Kier molecular flexibility index (Phi) is 7.43. The van der Waals surface area contributed by atoms with Gasteiger partial charge < -0.3 is 19.5 Å². The molecule has 0 saturated heterocycles. The summed E-state index contributed by atoms with van der Waals surface area (Å²) in [4.78, 5) is 24.4. The molecule has 3 rings (SSSR count). The summed E-state index contributed by atoms with van der Waals surface area (Å²) in [6.45, 7) is 0.0962. The second-order valence-corrected chi connectivity index (χ2v) is 6.54. The third kappa shape index (κ3) is 5.96. The van der Waals surface area contributed by atoms with Gasteiger partial charge in [0.2, 0.25) is 0 Å². The summed E-state index contributed by atoms with van der Waals surface area (Å²) in [7, 11) is 3.09. The minimum Gasteiger partial charge on any atom is -0.493 e. The van der Waals surface area contributed by atoms with Gasteiger partial charge in [-0.05, 0) is 42.0 Å². The van der Waals surface area contributed by atoms with Gasteiger partial charge >= 0.3 is 5.97 Å². The first-order valence-electron chi connectivity index (χ1n) is 9.62. The fraction of sp³-hybridized carbons (Fsp3) is 0.120. The van der Waals surface area contributed by atoms with E-state index in [4.69, 9.17) is 14.2 Å². The van der Waals surface area contributed by atoms with Gasteiger partial charge in [-0.15, -0.1) is 0 Å². The maximum atomic E-state index is 12.3. The first-order chi connectivity index (χ1) is 15.1. The Hall–Kier alpha value is -4.06. The molecule has 3 aromatic rings. The molecule has 1 N–H and O–H groups in total. The minimum absolute atomic E-state index is 0.0962. The van der Waals surface area contributed by atoms with Gasteiger partial charge in [0.05, 0.1) is 14.2 Å². The van der Waals surface area contributed by atoms with Crippen molar-refractivity contribution in [1.82, 2.24) is 0 Å². The van der Waals surface area contributed by atoms with E-state index in [-0.39, 0.29) is 12.5 Å². The predicted molar refractivity (Wildman–Crippen MR) is 119 cm³/mol. The lowest BCUT2D eigenvalue weighted by Gasteiger charge is -2.09. The molecule has 0 aromatic heterocycles. The Morgan fingerprint density at radius 2 is 1.61 bits per heavy atom. The molecule has 0 unspecified atom stereocenters. The SMILES string of the molecule is COc1cccc(/C=C/C(=O)OCc2ccc(C(=O)Nc3ccccc3)cc2)c1OC. The van der Waals surface area contributed by atoms with E-state index in [2.05, 4.69) is 5.32 Å². The van der Waals surface area contributed by atoms with Crippen molar-refractivity contribution in [3.8, 4) is 11.5 Å². The number of amides is 1. The van der Waals surface area contributed by atoms with Crippen LogP contribution in [0.5, 0.6) is 11.5 Å². The maximum Gasteiger partial charge on any atom is 0.331 e. The summed E-state index contributed by atoms with van der Waals surface area (Å²) in [5, 5.41) is 2.83. The van der Waals surface area contributed by atoms with Crippen molar-refractivity contribution in [2.75, 3.05) is 19.5 Å². The van der Waals surface area contributed by atoms with Gasteiger partial charge in [0.1, 0.15) is 6.61 Å². The fourth-order valence-electron chi connectivity index (χ4n) is 2.88. The summed E-state index contributed by atoms with van der Waals surface area (Å²) < 4.78 is 15.9. The number of para-hydroxylation sites is 2. The van der Waals surface area contributed by atoms with Gasteiger partial charge in [0, 0.05) is 22.9 Å². The molecule has 0 atom stereocenters. The van der Waals surface area contributed by atoms with Crippen LogP contribution in [0.1, 0.15) is 21.5 Å². The standard InChI is InChI=1S/C25H23NO5/c1-29-22-10-6-7-19(24(22)30-2)15-16-23(27)31-17-18-11-13-20(14-12-18)25(28)26-21-8-4-3-5-9-21/h3-16H,17H2,1-2H3,(H,26,28)/b16-15+. The summed E-state index contributed by atoms with van der Waals surface area (Å²) in [6, 6.07) is 21.5. The number of carbonyl (C=O) groups excluding carboxylic acids is 2. The molecule has 0 fully saturated rings. The number of hydrogen-bond donors (Lipinski definition) is 1. The number of methoxy groups -OCH3 is 2. The van der Waals surface area contributed by atoms with Crippen LogP contribution in [0, 0.1) is 0 Å². The molecule has 0 radical (unpaired) electrons. The number of benzene rings is 3. The van der Waals surface area contributed by atoms with Gasteiger partial charge in [0.25, 0.3) is 5.91 Å². The molecular formula is C25H23NO5. The maximum absolute atomic E-state index is 12.3. The smallest absolute Gasteiger partial charge is 0.331 e. The van der Waals surface area contributed by atoms with E-state index in [1.165, 1.54) is 13.2 Å². The summed E-state index contributed by atoms with van der Waals surface area (Å²) in [5.74, 6) is 0.425. The largest absolute Gasteiger partial charge is 0.493 e. The van der Waals surface area contributed by atoms with Crippen molar-refractivity contribution >= 4 is 23.6 Å². The molecule has 0 spiro atoms. The van der Waals surface area contributed by atoms with Crippen molar-refractivity contribution in [2.45, 2.75) is 6.61 Å². The Morgan fingerprint density at radius 3 is 2.29 bits per heavy atom. The zero-order valence-electron chi connectivity index (χ0n) is 17.3. The number of rotatable bonds is 8. The van der Waals surface area contributed by atoms with Crippen LogP contribution in [0.15, 0.2) is 78.9 Å². The van der Waals surface area contributed by atoms with Crippen LogP contribution in [-0.2, 0) is 16.1 Å². The molecule has 0 heterocycles. The molecule has 0 aliphatic carbocycles. The molecule has 0 aliphatic heterocycles. The highest BCUT2D eigenvalue weighted by molar-refractivity contribution is 6.04. The molecule has 31 heavy (non-hydrogen) atoms. The van der Waals surface area contributed by atoms with E-state index in [1.807, 2.05) is 42.5 Å². The van der Waals surface area contributed by atoms with Crippen molar-refractivity contribution in [1.29, 1.82) is 0 Å². The predicted octanol–water partition coefficient (Wildman–Crippen LogP) is 4.71. The minimum atomic E-state index is -0.490. The monoisotopic (exact) mass is 417 g/mol. The van der Waals surface area contributed by atoms with E-state index >= 15 is 0 Å². The fourth-order valence-corrected chi connectivity index (χ4v) is 2.88. The van der Waals surface area contributed by atoms with E-state index in [0.717, 1.165) is 11.3 Å². The van der Waals surface area contributed by atoms with E-state index in [1.54, 1.807) is 43.5 Å². The number of esters is 1. The van der Waals surface area contributed by atoms with Crippen LogP contribution in [-0.4, -0.2) is 26.1 Å². The number of anilines is 1. The third-order valence-corrected chi connectivity index (χ3v) is 4.46. The van der Waals surface area contributed by atoms with Gasteiger partial charge in [-0.3, -0.25) is 4.79 Å². The Labute approximate surface area is 181 Å². The summed E-state index contributed by atoms with van der Waals surface area (Å²) in [5.41, 5.74) is 2.72. The lowest BCUT2D eigenvalue weighted by atomic mass is 10.1. The molecule has 0 saturated carbocycles. The first kappa shape index (κ1) is 21.6. The molecule has 0 bridgehead atoms. The van der Waals surface area contributed by atoms with Crippen LogP contribution >= 0.6 is 0 Å². The summed E-state index contributed by atoms with van der Waals surface area (Å²) in [6.07, 6.45) is 2.94. The lowest BCUT2D eigenvalue weighted by Crippen LogP contribution is -2.11. The molecule has 3 aromatic carbocycles. The second-order valence-electron chi connectivity index (χ2n) is 6.54. The van der Waals surface area contributed by atoms with Crippen LogP contribution in [0.2, 0.25) is 0 Å². The topological polar surface area (TPSA) is 73.9 Å². The average molecular weight is 417 g/mol. The molecule has 158 valence electrons. The van der Waals surface area contributed by atoms with Crippen molar-refractivity contribution in [3.05, 3.63) is 95.6 Å². The number of hydrogen-bond acceptors (Lipinski definition) is 5. The molecule has 6 nitrogen and oxygen atoms in total. The third-order valence-electron chi connectivity index (χ3n) is 4.46. The summed E-state index contributed by atoms with van der Waals surface area (Å²) >= 11 is 0. The van der Waals surface area contributed by atoms with Crippen LogP contribution < -0.4 is 14.8 Å². The quantitative estimate of drug-likeness (QED) is 0.424. The van der Waals surface area contributed by atoms with Gasteiger partial charge in [-0.1, -0.05) is 42.5 Å². The van der Waals surface area contributed by atoms with Crippen LogP contribution in [0.4, 0.5) is 5.69 Å².